The third kappa shape index (κ3) is 7.78. The lowest BCUT2D eigenvalue weighted by atomic mass is 10.1. The fourth-order valence-corrected chi connectivity index (χ4v) is 3.10. The summed E-state index contributed by atoms with van der Waals surface area (Å²) in [6, 6.07) is 7.43. The molecule has 2 amide bonds. The largest absolute Gasteiger partial charge is 0.467 e. The molecule has 0 saturated heterocycles. The summed E-state index contributed by atoms with van der Waals surface area (Å²) in [5, 5.41) is 5.23. The Morgan fingerprint density at radius 3 is 2.57 bits per heavy atom. The maximum atomic E-state index is 12.8. The number of nitrogens with zero attached hydrogens (tertiary/aromatic N) is 1. The van der Waals surface area contributed by atoms with Crippen molar-refractivity contribution in [1.82, 2.24) is 20.6 Å². The summed E-state index contributed by atoms with van der Waals surface area (Å²) in [5.41, 5.74) is 1.47. The van der Waals surface area contributed by atoms with Crippen molar-refractivity contribution in [2.45, 2.75) is 31.5 Å². The number of ether oxygens (including phenoxy) is 2. The van der Waals surface area contributed by atoms with E-state index in [1.807, 2.05) is 36.6 Å². The zero-order chi connectivity index (χ0) is 21.8. The van der Waals surface area contributed by atoms with Crippen LogP contribution in [0.5, 0.6) is 0 Å². The van der Waals surface area contributed by atoms with Crippen molar-refractivity contribution in [3.63, 3.8) is 0 Å². The standard InChI is InChI=1S/C20H26N4O5S/c1-28-19(26)16(8-9-30-2)23-18(25)17(10-15-11-21-13-22-15)24-20(27)29-12-14-6-4-3-5-7-14/h3-7,11,13,16-17H,8-10,12H2,1-2H3,(H,21,22)(H,23,25)(H,24,27)/t16-,17+/m0/s1. The van der Waals surface area contributed by atoms with Crippen molar-refractivity contribution in [3.05, 3.63) is 54.1 Å². The van der Waals surface area contributed by atoms with Crippen molar-refractivity contribution in [2.24, 2.45) is 0 Å². The molecule has 1 heterocycles. The van der Waals surface area contributed by atoms with Gasteiger partial charge in [0.2, 0.25) is 5.91 Å². The number of amides is 2. The van der Waals surface area contributed by atoms with Gasteiger partial charge in [-0.1, -0.05) is 30.3 Å². The van der Waals surface area contributed by atoms with Gasteiger partial charge in [-0.3, -0.25) is 4.79 Å². The molecule has 0 spiro atoms. The first-order valence-electron chi connectivity index (χ1n) is 9.35. The molecular weight excluding hydrogens is 408 g/mol. The van der Waals surface area contributed by atoms with Crippen molar-refractivity contribution in [2.75, 3.05) is 19.1 Å². The van der Waals surface area contributed by atoms with Crippen molar-refractivity contribution < 1.29 is 23.9 Å². The Morgan fingerprint density at radius 1 is 1.17 bits per heavy atom. The van der Waals surface area contributed by atoms with Crippen LogP contribution in [0, 0.1) is 0 Å². The summed E-state index contributed by atoms with van der Waals surface area (Å²) >= 11 is 1.55. The zero-order valence-electron chi connectivity index (χ0n) is 16.9. The SMILES string of the molecule is COC(=O)[C@H](CCSC)NC(=O)[C@@H](Cc1cnc[nH]1)NC(=O)OCc1ccccc1. The van der Waals surface area contributed by atoms with Gasteiger partial charge < -0.3 is 25.1 Å². The summed E-state index contributed by atoms with van der Waals surface area (Å²) in [7, 11) is 1.27. The number of methoxy groups -OCH3 is 1. The molecule has 1 aromatic heterocycles. The number of hydrogen-bond acceptors (Lipinski definition) is 7. The van der Waals surface area contributed by atoms with Gasteiger partial charge in [-0.05, 0) is 24.0 Å². The first-order valence-corrected chi connectivity index (χ1v) is 10.7. The highest BCUT2D eigenvalue weighted by Crippen LogP contribution is 2.06. The minimum absolute atomic E-state index is 0.0730. The molecule has 30 heavy (non-hydrogen) atoms. The molecule has 1 aromatic carbocycles. The number of nitrogens with one attached hydrogen (secondary N) is 3. The summed E-state index contributed by atoms with van der Waals surface area (Å²) in [6.07, 6.45) is 4.77. The van der Waals surface area contributed by atoms with E-state index in [0.29, 0.717) is 17.9 Å². The molecule has 0 aliphatic heterocycles. The highest BCUT2D eigenvalue weighted by atomic mass is 32.2. The molecule has 0 aliphatic rings. The summed E-state index contributed by atoms with van der Waals surface area (Å²) in [5.74, 6) is -0.389. The molecule has 162 valence electrons. The van der Waals surface area contributed by atoms with Crippen LogP contribution in [0.4, 0.5) is 4.79 Å². The van der Waals surface area contributed by atoms with Crippen LogP contribution < -0.4 is 10.6 Å². The van der Waals surface area contributed by atoms with Gasteiger partial charge in [-0.15, -0.1) is 0 Å². The monoisotopic (exact) mass is 434 g/mol. The maximum absolute atomic E-state index is 12.8. The molecule has 9 nitrogen and oxygen atoms in total. The number of aromatic nitrogens is 2. The van der Waals surface area contributed by atoms with Gasteiger partial charge in [0, 0.05) is 18.3 Å². The minimum Gasteiger partial charge on any atom is -0.467 e. The van der Waals surface area contributed by atoms with Gasteiger partial charge in [0.05, 0.1) is 13.4 Å². The summed E-state index contributed by atoms with van der Waals surface area (Å²) in [6.45, 7) is 0.0730. The quantitative estimate of drug-likeness (QED) is 0.460. The lowest BCUT2D eigenvalue weighted by Gasteiger charge is -2.21. The van der Waals surface area contributed by atoms with E-state index in [-0.39, 0.29) is 13.0 Å². The normalized spacial score (nSPS) is 12.5. The number of rotatable bonds is 11. The number of hydrogen-bond donors (Lipinski definition) is 3. The van der Waals surface area contributed by atoms with Gasteiger partial charge in [0.25, 0.3) is 0 Å². The third-order valence-electron chi connectivity index (χ3n) is 4.21. The summed E-state index contributed by atoms with van der Waals surface area (Å²) < 4.78 is 9.99. The molecule has 0 saturated carbocycles. The van der Waals surface area contributed by atoms with Crippen LogP contribution in [0.2, 0.25) is 0 Å². The Hall–Kier alpha value is -3.01. The first kappa shape index (κ1) is 23.3. The minimum atomic E-state index is -0.963. The second-order valence-electron chi connectivity index (χ2n) is 6.41. The number of thioether (sulfide) groups is 1. The molecule has 2 aromatic rings. The number of esters is 1. The molecule has 0 unspecified atom stereocenters. The lowest BCUT2D eigenvalue weighted by molar-refractivity contribution is -0.145. The fourth-order valence-electron chi connectivity index (χ4n) is 2.63. The van der Waals surface area contributed by atoms with Crippen LogP contribution in [-0.2, 0) is 32.1 Å². The van der Waals surface area contributed by atoms with Crippen molar-refractivity contribution >= 4 is 29.7 Å². The number of aromatic amines is 1. The van der Waals surface area contributed by atoms with Crippen molar-refractivity contribution in [3.8, 4) is 0 Å². The van der Waals surface area contributed by atoms with E-state index < -0.39 is 30.1 Å². The Labute approximate surface area is 179 Å². The van der Waals surface area contributed by atoms with Crippen molar-refractivity contribution in [1.29, 1.82) is 0 Å². The van der Waals surface area contributed by atoms with Crippen LogP contribution in [-0.4, -0.2) is 59.1 Å². The van der Waals surface area contributed by atoms with Crippen LogP contribution in [0.15, 0.2) is 42.9 Å². The Bertz CT molecular complexity index is 801. The zero-order valence-corrected chi connectivity index (χ0v) is 17.7. The fraction of sp³-hybridized carbons (Fsp3) is 0.400. The smallest absolute Gasteiger partial charge is 0.408 e. The third-order valence-corrected chi connectivity index (χ3v) is 4.86. The van der Waals surface area contributed by atoms with Crippen LogP contribution in [0.3, 0.4) is 0 Å². The second-order valence-corrected chi connectivity index (χ2v) is 7.39. The number of imidazole rings is 1. The van der Waals surface area contributed by atoms with E-state index >= 15 is 0 Å². The van der Waals surface area contributed by atoms with Crippen LogP contribution in [0.25, 0.3) is 0 Å². The average Bonchev–Trinajstić information content (AvgIpc) is 3.28. The number of carbonyl (C=O) groups is 3. The predicted molar refractivity (Wildman–Crippen MR) is 113 cm³/mol. The topological polar surface area (TPSA) is 122 Å². The average molecular weight is 435 g/mol. The summed E-state index contributed by atoms with van der Waals surface area (Å²) in [4.78, 5) is 43.9. The number of benzene rings is 1. The molecule has 10 heteroatoms. The number of carbonyl (C=O) groups excluding carboxylic acids is 3. The Kier molecular flexibility index (Phi) is 9.72. The van der Waals surface area contributed by atoms with Crippen LogP contribution in [0.1, 0.15) is 17.7 Å². The maximum Gasteiger partial charge on any atom is 0.408 e. The first-order chi connectivity index (χ1) is 14.5. The van der Waals surface area contributed by atoms with Gasteiger partial charge in [-0.2, -0.15) is 11.8 Å². The van der Waals surface area contributed by atoms with E-state index in [4.69, 9.17) is 9.47 Å². The van der Waals surface area contributed by atoms with E-state index in [1.54, 1.807) is 18.0 Å². The van der Waals surface area contributed by atoms with Gasteiger partial charge in [-0.25, -0.2) is 14.6 Å². The Morgan fingerprint density at radius 2 is 1.93 bits per heavy atom. The molecule has 0 aliphatic carbocycles. The molecule has 2 rings (SSSR count). The van der Waals surface area contributed by atoms with E-state index in [0.717, 1.165) is 5.56 Å². The molecule has 3 N–H and O–H groups in total. The van der Waals surface area contributed by atoms with E-state index in [2.05, 4.69) is 20.6 Å². The highest BCUT2D eigenvalue weighted by Gasteiger charge is 2.28. The second kappa shape index (κ2) is 12.5. The lowest BCUT2D eigenvalue weighted by Crippen LogP contribution is -2.53. The van der Waals surface area contributed by atoms with Gasteiger partial charge >= 0.3 is 12.1 Å². The van der Waals surface area contributed by atoms with E-state index in [1.165, 1.54) is 13.4 Å². The predicted octanol–water partition coefficient (Wildman–Crippen LogP) is 1.66. The molecule has 0 radical (unpaired) electrons. The highest BCUT2D eigenvalue weighted by molar-refractivity contribution is 7.98. The molecule has 0 bridgehead atoms. The molecule has 2 atom stereocenters. The molecule has 0 fully saturated rings. The van der Waals surface area contributed by atoms with Crippen LogP contribution >= 0.6 is 11.8 Å². The van der Waals surface area contributed by atoms with Gasteiger partial charge in [0.1, 0.15) is 18.7 Å². The molecular formula is C20H26N4O5S. The van der Waals surface area contributed by atoms with Gasteiger partial charge in [0.15, 0.2) is 0 Å². The number of H-pyrrole nitrogens is 1. The number of alkyl carbamates (subject to hydrolysis) is 1. The van der Waals surface area contributed by atoms with E-state index in [9.17, 15) is 14.4 Å². The Balaban J connectivity index is 2.02.